The Hall–Kier alpha value is -0.740. The maximum absolute atomic E-state index is 11.1. The minimum Gasteiger partial charge on any atom is -0.378 e. The summed E-state index contributed by atoms with van der Waals surface area (Å²) < 4.78 is 39.9. The fourth-order valence-corrected chi connectivity index (χ4v) is 1.65. The van der Waals surface area contributed by atoms with Crippen molar-refractivity contribution >= 4 is 15.9 Å². The molecule has 0 aromatic rings. The van der Waals surface area contributed by atoms with Gasteiger partial charge < -0.3 is 19.5 Å². The van der Waals surface area contributed by atoms with Gasteiger partial charge in [0.25, 0.3) is 0 Å². The van der Waals surface area contributed by atoms with Gasteiger partial charge in [-0.1, -0.05) is 0 Å². The molecule has 0 rings (SSSR count). The Kier molecular flexibility index (Phi) is 11.6. The van der Waals surface area contributed by atoms with Crippen LogP contribution in [0.1, 0.15) is 6.92 Å². The summed E-state index contributed by atoms with van der Waals surface area (Å²) in [6.45, 7) is 3.64. The van der Waals surface area contributed by atoms with E-state index < -0.39 is 10.0 Å². The molecule has 0 aliphatic rings. The first-order chi connectivity index (χ1) is 9.52. The number of hydrogen-bond acceptors (Lipinski definition) is 6. The van der Waals surface area contributed by atoms with Crippen LogP contribution in [0.3, 0.4) is 0 Å². The average molecular weight is 312 g/mol. The van der Waals surface area contributed by atoms with E-state index in [1.807, 2.05) is 0 Å². The van der Waals surface area contributed by atoms with Gasteiger partial charge in [-0.3, -0.25) is 4.79 Å². The fraction of sp³-hybridized carbons (Fsp3) is 0.909. The zero-order chi connectivity index (χ0) is 15.3. The summed E-state index contributed by atoms with van der Waals surface area (Å²) in [7, 11) is -1.61. The van der Waals surface area contributed by atoms with Crippen LogP contribution >= 0.6 is 0 Å². The van der Waals surface area contributed by atoms with Gasteiger partial charge in [-0.05, 0) is 6.92 Å². The van der Waals surface area contributed by atoms with Crippen LogP contribution in [0, 0.1) is 0 Å². The molecule has 2 N–H and O–H groups in total. The normalized spacial score (nSPS) is 11.5. The molecular formula is C11H24N2O6S. The Balaban J connectivity index is 3.20. The zero-order valence-electron chi connectivity index (χ0n) is 12.0. The largest absolute Gasteiger partial charge is 0.378 e. The second kappa shape index (κ2) is 12.0. The van der Waals surface area contributed by atoms with Crippen molar-refractivity contribution in [1.82, 2.24) is 10.0 Å². The molecule has 0 heterocycles. The third-order valence-corrected chi connectivity index (χ3v) is 3.61. The van der Waals surface area contributed by atoms with E-state index in [1.165, 1.54) is 0 Å². The fourth-order valence-electron chi connectivity index (χ4n) is 1.05. The summed E-state index contributed by atoms with van der Waals surface area (Å²) in [5.41, 5.74) is 0. The second-order valence-corrected chi connectivity index (χ2v) is 5.84. The van der Waals surface area contributed by atoms with Crippen molar-refractivity contribution in [1.29, 1.82) is 0 Å². The molecule has 0 saturated heterocycles. The standard InChI is InChI=1S/C11H24N2O6S/c1-3-20(15,16)13-4-5-17-6-7-18-8-9-19-10-11(14)12-2/h13H,3-10H2,1-2H3,(H,12,14). The molecule has 0 fully saturated rings. The lowest BCUT2D eigenvalue weighted by Crippen LogP contribution is -2.29. The lowest BCUT2D eigenvalue weighted by atomic mass is 10.6. The highest BCUT2D eigenvalue weighted by Crippen LogP contribution is 1.83. The topological polar surface area (TPSA) is 103 Å². The number of ether oxygens (including phenoxy) is 3. The maximum Gasteiger partial charge on any atom is 0.245 e. The summed E-state index contributed by atoms with van der Waals surface area (Å²) in [4.78, 5) is 10.8. The van der Waals surface area contributed by atoms with Gasteiger partial charge in [0.05, 0.1) is 38.8 Å². The van der Waals surface area contributed by atoms with Crippen LogP contribution in [-0.2, 0) is 29.0 Å². The smallest absolute Gasteiger partial charge is 0.245 e. The highest BCUT2D eigenvalue weighted by molar-refractivity contribution is 7.89. The van der Waals surface area contributed by atoms with Crippen molar-refractivity contribution in [3.8, 4) is 0 Å². The van der Waals surface area contributed by atoms with Gasteiger partial charge in [-0.2, -0.15) is 0 Å². The van der Waals surface area contributed by atoms with E-state index in [0.29, 0.717) is 33.0 Å². The van der Waals surface area contributed by atoms with Gasteiger partial charge in [0.2, 0.25) is 15.9 Å². The summed E-state index contributed by atoms with van der Waals surface area (Å²) in [5, 5.41) is 2.44. The third-order valence-electron chi connectivity index (χ3n) is 2.20. The van der Waals surface area contributed by atoms with Crippen molar-refractivity contribution in [3.63, 3.8) is 0 Å². The number of carbonyl (C=O) groups excluding carboxylic acids is 1. The minimum atomic E-state index is -3.15. The van der Waals surface area contributed by atoms with Crippen molar-refractivity contribution < 1.29 is 27.4 Å². The molecule has 120 valence electrons. The lowest BCUT2D eigenvalue weighted by Gasteiger charge is -2.07. The highest BCUT2D eigenvalue weighted by atomic mass is 32.2. The minimum absolute atomic E-state index is 0.0218. The van der Waals surface area contributed by atoms with E-state index in [4.69, 9.17) is 14.2 Å². The van der Waals surface area contributed by atoms with Crippen LogP contribution < -0.4 is 10.0 Å². The molecule has 0 spiro atoms. The average Bonchev–Trinajstić information content (AvgIpc) is 2.44. The Morgan fingerprint density at radius 1 is 1.00 bits per heavy atom. The molecule has 9 heteroatoms. The maximum atomic E-state index is 11.1. The molecule has 0 aliphatic heterocycles. The van der Waals surface area contributed by atoms with Crippen molar-refractivity contribution in [3.05, 3.63) is 0 Å². The molecule has 8 nitrogen and oxygen atoms in total. The predicted molar refractivity (Wildman–Crippen MR) is 74.0 cm³/mol. The van der Waals surface area contributed by atoms with Crippen LogP contribution in [0.4, 0.5) is 0 Å². The van der Waals surface area contributed by atoms with E-state index in [1.54, 1.807) is 14.0 Å². The summed E-state index contributed by atoms with van der Waals surface area (Å²) in [6.07, 6.45) is 0. The van der Waals surface area contributed by atoms with E-state index in [0.717, 1.165) is 0 Å². The first kappa shape index (κ1) is 19.3. The quantitative estimate of drug-likeness (QED) is 0.411. The summed E-state index contributed by atoms with van der Waals surface area (Å²) in [5.74, 6) is -0.116. The molecule has 0 saturated carbocycles. The molecule has 0 aromatic carbocycles. The van der Waals surface area contributed by atoms with Crippen LogP contribution in [0.2, 0.25) is 0 Å². The van der Waals surface area contributed by atoms with E-state index in [2.05, 4.69) is 10.0 Å². The molecular weight excluding hydrogens is 288 g/mol. The zero-order valence-corrected chi connectivity index (χ0v) is 12.8. The van der Waals surface area contributed by atoms with Crippen LogP contribution in [0.15, 0.2) is 0 Å². The van der Waals surface area contributed by atoms with Crippen molar-refractivity contribution in [2.75, 3.05) is 59.0 Å². The van der Waals surface area contributed by atoms with Gasteiger partial charge in [0, 0.05) is 13.6 Å². The second-order valence-electron chi connectivity index (χ2n) is 3.75. The van der Waals surface area contributed by atoms with Crippen molar-refractivity contribution in [2.24, 2.45) is 0 Å². The number of rotatable bonds is 13. The van der Waals surface area contributed by atoms with Gasteiger partial charge in [0.1, 0.15) is 6.61 Å². The monoisotopic (exact) mass is 312 g/mol. The SMILES string of the molecule is CCS(=O)(=O)NCCOCCOCCOCC(=O)NC. The van der Waals surface area contributed by atoms with Crippen molar-refractivity contribution in [2.45, 2.75) is 6.92 Å². The van der Waals surface area contributed by atoms with E-state index in [-0.39, 0.29) is 24.8 Å². The van der Waals surface area contributed by atoms with Gasteiger partial charge in [0.15, 0.2) is 0 Å². The van der Waals surface area contributed by atoms with E-state index >= 15 is 0 Å². The first-order valence-corrected chi connectivity index (χ1v) is 8.08. The molecule has 0 aromatic heterocycles. The molecule has 0 atom stereocenters. The molecule has 0 aliphatic carbocycles. The Morgan fingerprint density at radius 3 is 2.10 bits per heavy atom. The molecule has 0 radical (unpaired) electrons. The molecule has 1 amide bonds. The summed E-state index contributed by atoms with van der Waals surface area (Å²) >= 11 is 0. The van der Waals surface area contributed by atoms with Gasteiger partial charge in [-0.15, -0.1) is 0 Å². The number of carbonyl (C=O) groups is 1. The molecule has 20 heavy (non-hydrogen) atoms. The van der Waals surface area contributed by atoms with E-state index in [9.17, 15) is 13.2 Å². The van der Waals surface area contributed by atoms with Crippen LogP contribution in [-0.4, -0.2) is 73.3 Å². The number of nitrogens with one attached hydrogen (secondary N) is 2. The van der Waals surface area contributed by atoms with Gasteiger partial charge >= 0.3 is 0 Å². The van der Waals surface area contributed by atoms with Crippen LogP contribution in [0.5, 0.6) is 0 Å². The lowest BCUT2D eigenvalue weighted by molar-refractivity contribution is -0.125. The number of amides is 1. The summed E-state index contributed by atoms with van der Waals surface area (Å²) in [6, 6.07) is 0. The number of likely N-dealkylation sites (N-methyl/N-ethyl adjacent to an activating group) is 1. The predicted octanol–water partition coefficient (Wildman–Crippen LogP) is -1.28. The number of hydrogen-bond donors (Lipinski definition) is 2. The molecule has 0 bridgehead atoms. The Bertz CT molecular complexity index is 347. The van der Waals surface area contributed by atoms with Gasteiger partial charge in [-0.25, -0.2) is 13.1 Å². The number of sulfonamides is 1. The highest BCUT2D eigenvalue weighted by Gasteiger charge is 2.04. The first-order valence-electron chi connectivity index (χ1n) is 6.43. The third kappa shape index (κ3) is 12.3. The Labute approximate surface area is 120 Å². The Morgan fingerprint density at radius 2 is 1.55 bits per heavy atom. The van der Waals surface area contributed by atoms with Crippen LogP contribution in [0.25, 0.3) is 0 Å². The molecule has 0 unspecified atom stereocenters.